The zero-order valence-electron chi connectivity index (χ0n) is 13.5. The van der Waals surface area contributed by atoms with Crippen LogP contribution in [0.25, 0.3) is 0 Å². The summed E-state index contributed by atoms with van der Waals surface area (Å²) in [7, 11) is 0. The molecule has 2 aromatic rings. The second-order valence-corrected chi connectivity index (χ2v) is 6.08. The van der Waals surface area contributed by atoms with E-state index in [0.29, 0.717) is 0 Å². The van der Waals surface area contributed by atoms with Crippen LogP contribution in [0.1, 0.15) is 43.0 Å². The van der Waals surface area contributed by atoms with Crippen LogP contribution in [-0.2, 0) is 5.60 Å². The number of hydrogen-bond acceptors (Lipinski definition) is 2. The van der Waals surface area contributed by atoms with Gasteiger partial charge in [0.15, 0.2) is 0 Å². The van der Waals surface area contributed by atoms with Crippen molar-refractivity contribution in [3.05, 3.63) is 64.7 Å². The van der Waals surface area contributed by atoms with Crippen molar-refractivity contribution < 1.29 is 9.84 Å². The fourth-order valence-corrected chi connectivity index (χ4v) is 2.55. The van der Waals surface area contributed by atoms with Crippen molar-refractivity contribution in [1.29, 1.82) is 0 Å². The van der Waals surface area contributed by atoms with Gasteiger partial charge in [0, 0.05) is 0 Å². The zero-order chi connectivity index (χ0) is 15.6. The highest BCUT2D eigenvalue weighted by Crippen LogP contribution is 2.32. The molecule has 1 unspecified atom stereocenters. The van der Waals surface area contributed by atoms with Gasteiger partial charge in [-0.1, -0.05) is 35.9 Å². The molecule has 0 fully saturated rings. The summed E-state index contributed by atoms with van der Waals surface area (Å²) in [6.45, 7) is 9.91. The number of benzene rings is 2. The molecule has 1 atom stereocenters. The topological polar surface area (TPSA) is 29.5 Å². The van der Waals surface area contributed by atoms with E-state index < -0.39 is 5.60 Å². The van der Waals surface area contributed by atoms with E-state index in [9.17, 15) is 5.11 Å². The smallest absolute Gasteiger partial charge is 0.119 e. The minimum atomic E-state index is -1.01. The van der Waals surface area contributed by atoms with Crippen molar-refractivity contribution in [2.45, 2.75) is 46.3 Å². The molecule has 112 valence electrons. The van der Waals surface area contributed by atoms with Crippen LogP contribution in [-0.4, -0.2) is 11.2 Å². The number of hydrogen-bond donors (Lipinski definition) is 1. The van der Waals surface area contributed by atoms with Gasteiger partial charge in [0.25, 0.3) is 0 Å². The van der Waals surface area contributed by atoms with Crippen LogP contribution in [0.5, 0.6) is 5.75 Å². The number of rotatable bonds is 4. The van der Waals surface area contributed by atoms with Crippen molar-refractivity contribution in [3.8, 4) is 5.75 Å². The molecule has 0 aromatic heterocycles. The van der Waals surface area contributed by atoms with Crippen molar-refractivity contribution in [2.75, 3.05) is 0 Å². The minimum absolute atomic E-state index is 0.148. The Labute approximate surface area is 127 Å². The highest BCUT2D eigenvalue weighted by atomic mass is 16.5. The Morgan fingerprint density at radius 1 is 1.00 bits per heavy atom. The quantitative estimate of drug-likeness (QED) is 0.904. The Morgan fingerprint density at radius 2 is 1.62 bits per heavy atom. The molecule has 2 rings (SSSR count). The fourth-order valence-electron chi connectivity index (χ4n) is 2.55. The van der Waals surface area contributed by atoms with E-state index in [1.54, 1.807) is 0 Å². The molecule has 1 N–H and O–H groups in total. The van der Waals surface area contributed by atoms with Gasteiger partial charge in [-0.15, -0.1) is 0 Å². The van der Waals surface area contributed by atoms with Crippen LogP contribution in [0.3, 0.4) is 0 Å². The Bertz CT molecular complexity index is 610. The standard InChI is InChI=1S/C19H24O2/c1-13(2)21-17-10-8-16(9-11-17)19(5,20)18-12-14(3)6-7-15(18)4/h6-13,20H,1-5H3. The maximum atomic E-state index is 11.0. The van der Waals surface area contributed by atoms with E-state index >= 15 is 0 Å². The van der Waals surface area contributed by atoms with Crippen LogP contribution in [0, 0.1) is 13.8 Å². The van der Waals surface area contributed by atoms with Gasteiger partial charge in [-0.25, -0.2) is 0 Å². The first-order chi connectivity index (χ1) is 9.80. The first-order valence-corrected chi connectivity index (χ1v) is 7.38. The molecule has 0 aliphatic rings. The van der Waals surface area contributed by atoms with Crippen molar-refractivity contribution in [2.24, 2.45) is 0 Å². The minimum Gasteiger partial charge on any atom is -0.491 e. The van der Waals surface area contributed by atoms with Gasteiger partial charge in [-0.2, -0.15) is 0 Å². The molecule has 2 nitrogen and oxygen atoms in total. The highest BCUT2D eigenvalue weighted by Gasteiger charge is 2.27. The Hall–Kier alpha value is -1.80. The fraction of sp³-hybridized carbons (Fsp3) is 0.368. The molecule has 0 aliphatic heterocycles. The molecule has 2 heteroatoms. The van der Waals surface area contributed by atoms with Crippen molar-refractivity contribution >= 4 is 0 Å². The molecule has 0 amide bonds. The monoisotopic (exact) mass is 284 g/mol. The third-order valence-corrected chi connectivity index (χ3v) is 3.71. The van der Waals surface area contributed by atoms with E-state index in [0.717, 1.165) is 28.0 Å². The molecule has 0 spiro atoms. The largest absolute Gasteiger partial charge is 0.491 e. The summed E-state index contributed by atoms with van der Waals surface area (Å²) in [5.74, 6) is 0.825. The predicted octanol–water partition coefficient (Wildman–Crippen LogP) is 4.35. The van der Waals surface area contributed by atoms with Gasteiger partial charge in [-0.05, 0) is 63.4 Å². The third-order valence-electron chi connectivity index (χ3n) is 3.71. The Kier molecular flexibility index (Phi) is 4.38. The van der Waals surface area contributed by atoms with Gasteiger partial charge >= 0.3 is 0 Å². The summed E-state index contributed by atoms with van der Waals surface area (Å²) in [4.78, 5) is 0. The van der Waals surface area contributed by atoms with Crippen LogP contribution in [0.15, 0.2) is 42.5 Å². The van der Waals surface area contributed by atoms with Crippen LogP contribution >= 0.6 is 0 Å². The average molecular weight is 284 g/mol. The summed E-state index contributed by atoms with van der Waals surface area (Å²) in [5.41, 5.74) is 3.04. The maximum absolute atomic E-state index is 11.0. The number of aliphatic hydroxyl groups is 1. The number of ether oxygens (including phenoxy) is 1. The normalized spacial score (nSPS) is 14.0. The van der Waals surface area contributed by atoms with E-state index in [-0.39, 0.29) is 6.10 Å². The summed E-state index contributed by atoms with van der Waals surface area (Å²) >= 11 is 0. The van der Waals surface area contributed by atoms with Gasteiger partial charge in [0.1, 0.15) is 11.4 Å². The second-order valence-electron chi connectivity index (χ2n) is 6.08. The first kappa shape index (κ1) is 15.6. The number of aryl methyl sites for hydroxylation is 2. The molecule has 0 heterocycles. The summed E-state index contributed by atoms with van der Waals surface area (Å²) in [6, 6.07) is 13.8. The summed E-state index contributed by atoms with van der Waals surface area (Å²) < 4.78 is 5.65. The Balaban J connectivity index is 2.36. The molecule has 21 heavy (non-hydrogen) atoms. The lowest BCUT2D eigenvalue weighted by molar-refractivity contribution is 0.101. The van der Waals surface area contributed by atoms with Gasteiger partial charge in [0.2, 0.25) is 0 Å². The lowest BCUT2D eigenvalue weighted by Crippen LogP contribution is -2.24. The lowest BCUT2D eigenvalue weighted by atomic mass is 9.85. The maximum Gasteiger partial charge on any atom is 0.119 e. The van der Waals surface area contributed by atoms with Crippen LogP contribution < -0.4 is 4.74 Å². The lowest BCUT2D eigenvalue weighted by Gasteiger charge is -2.27. The summed E-state index contributed by atoms with van der Waals surface area (Å²) in [5, 5.41) is 11.0. The zero-order valence-corrected chi connectivity index (χ0v) is 13.5. The van der Waals surface area contributed by atoms with E-state index in [1.807, 2.05) is 65.0 Å². The molecular weight excluding hydrogens is 260 g/mol. The van der Waals surface area contributed by atoms with Crippen LogP contribution in [0.2, 0.25) is 0 Å². The van der Waals surface area contributed by atoms with Crippen LogP contribution in [0.4, 0.5) is 0 Å². The molecule has 0 bridgehead atoms. The van der Waals surface area contributed by atoms with Gasteiger partial charge < -0.3 is 9.84 Å². The molecular formula is C19H24O2. The molecule has 0 radical (unpaired) electrons. The third kappa shape index (κ3) is 3.45. The molecule has 0 aliphatic carbocycles. The van der Waals surface area contributed by atoms with Crippen molar-refractivity contribution in [1.82, 2.24) is 0 Å². The average Bonchev–Trinajstić information content (AvgIpc) is 2.41. The first-order valence-electron chi connectivity index (χ1n) is 7.38. The van der Waals surface area contributed by atoms with E-state index in [4.69, 9.17) is 4.74 Å². The van der Waals surface area contributed by atoms with Gasteiger partial charge in [0.05, 0.1) is 6.10 Å². The SMILES string of the molecule is Cc1ccc(C)c(C(C)(O)c2ccc(OC(C)C)cc2)c1. The summed E-state index contributed by atoms with van der Waals surface area (Å²) in [6.07, 6.45) is 0.148. The second kappa shape index (κ2) is 5.90. The molecule has 0 saturated carbocycles. The predicted molar refractivity (Wildman–Crippen MR) is 86.8 cm³/mol. The van der Waals surface area contributed by atoms with E-state index in [1.165, 1.54) is 0 Å². The molecule has 2 aromatic carbocycles. The molecule has 0 saturated heterocycles. The highest BCUT2D eigenvalue weighted by molar-refractivity contribution is 5.43. The Morgan fingerprint density at radius 3 is 2.19 bits per heavy atom. The van der Waals surface area contributed by atoms with Gasteiger partial charge in [-0.3, -0.25) is 0 Å². The van der Waals surface area contributed by atoms with E-state index in [2.05, 4.69) is 12.1 Å². The van der Waals surface area contributed by atoms with Crippen molar-refractivity contribution in [3.63, 3.8) is 0 Å².